The number of hydrogen-bond acceptors (Lipinski definition) is 4. The molecule has 4 nitrogen and oxygen atoms in total. The van der Waals surface area contributed by atoms with E-state index in [4.69, 9.17) is 9.47 Å². The Bertz CT molecular complexity index is 359. The number of esters is 1. The summed E-state index contributed by atoms with van der Waals surface area (Å²) in [5.74, 6) is -0.309. The Labute approximate surface area is 114 Å². The predicted molar refractivity (Wildman–Crippen MR) is 73.4 cm³/mol. The highest BCUT2D eigenvalue weighted by Crippen LogP contribution is 2.06. The van der Waals surface area contributed by atoms with Gasteiger partial charge >= 0.3 is 5.97 Å². The van der Waals surface area contributed by atoms with Crippen molar-refractivity contribution < 1.29 is 19.0 Å². The molecule has 0 bridgehead atoms. The van der Waals surface area contributed by atoms with Gasteiger partial charge in [0, 0.05) is 6.61 Å². The lowest BCUT2D eigenvalue weighted by molar-refractivity contribution is 0.0491. The average Bonchev–Trinajstić information content (AvgIpc) is 2.46. The van der Waals surface area contributed by atoms with Gasteiger partial charge in [0.2, 0.25) is 0 Å². The van der Waals surface area contributed by atoms with Crippen molar-refractivity contribution in [1.82, 2.24) is 0 Å². The van der Waals surface area contributed by atoms with Gasteiger partial charge in [0.1, 0.15) is 0 Å². The minimum atomic E-state index is -0.309. The molecule has 0 aliphatic carbocycles. The van der Waals surface area contributed by atoms with E-state index in [-0.39, 0.29) is 5.97 Å². The lowest BCUT2D eigenvalue weighted by atomic mass is 10.1. The smallest absolute Gasteiger partial charge is 0.337 e. The van der Waals surface area contributed by atoms with Crippen LogP contribution in [0.2, 0.25) is 0 Å². The average molecular weight is 266 g/mol. The topological polar surface area (TPSA) is 44.8 Å². The summed E-state index contributed by atoms with van der Waals surface area (Å²) in [5, 5.41) is 0. The normalized spacial score (nSPS) is 10.4. The van der Waals surface area contributed by atoms with Crippen LogP contribution in [0.1, 0.15) is 29.3 Å². The number of hydrogen-bond donors (Lipinski definition) is 0. The van der Waals surface area contributed by atoms with Crippen molar-refractivity contribution in [3.8, 4) is 0 Å². The van der Waals surface area contributed by atoms with Gasteiger partial charge in [-0.05, 0) is 30.5 Å². The van der Waals surface area contributed by atoms with Crippen LogP contribution in [0.4, 0.5) is 0 Å². The third kappa shape index (κ3) is 6.36. The molecule has 0 radical (unpaired) electrons. The Morgan fingerprint density at radius 1 is 1.00 bits per heavy atom. The number of carbonyl (C=O) groups excluding carboxylic acids is 1. The molecule has 0 heterocycles. The van der Waals surface area contributed by atoms with Gasteiger partial charge in [-0.1, -0.05) is 19.1 Å². The van der Waals surface area contributed by atoms with Crippen LogP contribution in [-0.2, 0) is 20.6 Å². The molecule has 106 valence electrons. The van der Waals surface area contributed by atoms with Crippen LogP contribution < -0.4 is 0 Å². The standard InChI is InChI=1S/C15H22O4/c1-3-9-18-11-12-19-10-8-13-4-6-14(7-5-13)15(16)17-2/h4-7H,3,8-12H2,1-2H3. The van der Waals surface area contributed by atoms with Gasteiger partial charge in [0.15, 0.2) is 0 Å². The van der Waals surface area contributed by atoms with Crippen LogP contribution in [0.3, 0.4) is 0 Å². The van der Waals surface area contributed by atoms with E-state index in [1.54, 1.807) is 12.1 Å². The number of benzene rings is 1. The minimum Gasteiger partial charge on any atom is -0.465 e. The molecule has 19 heavy (non-hydrogen) atoms. The first-order chi connectivity index (χ1) is 9.27. The van der Waals surface area contributed by atoms with E-state index >= 15 is 0 Å². The van der Waals surface area contributed by atoms with Crippen molar-refractivity contribution in [3.63, 3.8) is 0 Å². The molecular weight excluding hydrogens is 244 g/mol. The number of ether oxygens (including phenoxy) is 3. The van der Waals surface area contributed by atoms with Crippen LogP contribution in [0.5, 0.6) is 0 Å². The molecule has 0 spiro atoms. The highest BCUT2D eigenvalue weighted by Gasteiger charge is 2.03. The molecule has 0 fully saturated rings. The van der Waals surface area contributed by atoms with Crippen LogP contribution in [-0.4, -0.2) is 39.5 Å². The zero-order valence-corrected chi connectivity index (χ0v) is 11.7. The summed E-state index contributed by atoms with van der Waals surface area (Å²) in [4.78, 5) is 11.2. The third-order valence-corrected chi connectivity index (χ3v) is 2.63. The second-order valence-corrected chi connectivity index (χ2v) is 4.16. The van der Waals surface area contributed by atoms with Crippen LogP contribution in [0.25, 0.3) is 0 Å². The van der Waals surface area contributed by atoms with Gasteiger partial charge < -0.3 is 14.2 Å². The quantitative estimate of drug-likeness (QED) is 0.509. The van der Waals surface area contributed by atoms with Gasteiger partial charge in [-0.3, -0.25) is 0 Å². The van der Waals surface area contributed by atoms with E-state index < -0.39 is 0 Å². The molecule has 0 N–H and O–H groups in total. The van der Waals surface area contributed by atoms with E-state index in [9.17, 15) is 4.79 Å². The highest BCUT2D eigenvalue weighted by atomic mass is 16.5. The molecule has 0 aliphatic rings. The number of methoxy groups -OCH3 is 1. The summed E-state index contributed by atoms with van der Waals surface area (Å²) in [6.45, 7) is 4.81. The number of carbonyl (C=O) groups is 1. The lowest BCUT2D eigenvalue weighted by Gasteiger charge is -2.06. The summed E-state index contributed by atoms with van der Waals surface area (Å²) in [5.41, 5.74) is 1.71. The van der Waals surface area contributed by atoms with E-state index in [1.165, 1.54) is 7.11 Å². The number of rotatable bonds is 9. The van der Waals surface area contributed by atoms with Gasteiger partial charge in [0.25, 0.3) is 0 Å². The van der Waals surface area contributed by atoms with Crippen LogP contribution in [0.15, 0.2) is 24.3 Å². The maximum atomic E-state index is 11.2. The van der Waals surface area contributed by atoms with Crippen LogP contribution >= 0.6 is 0 Å². The Hall–Kier alpha value is -1.39. The third-order valence-electron chi connectivity index (χ3n) is 2.63. The summed E-state index contributed by atoms with van der Waals surface area (Å²) >= 11 is 0. The van der Waals surface area contributed by atoms with E-state index in [2.05, 4.69) is 11.7 Å². The summed E-state index contributed by atoms with van der Waals surface area (Å²) in [7, 11) is 1.38. The van der Waals surface area contributed by atoms with Crippen molar-refractivity contribution >= 4 is 5.97 Å². The Morgan fingerprint density at radius 2 is 1.63 bits per heavy atom. The molecule has 0 saturated heterocycles. The molecule has 0 unspecified atom stereocenters. The monoisotopic (exact) mass is 266 g/mol. The summed E-state index contributed by atoms with van der Waals surface area (Å²) in [6.07, 6.45) is 1.86. The van der Waals surface area contributed by atoms with Crippen molar-refractivity contribution in [2.24, 2.45) is 0 Å². The molecule has 0 atom stereocenters. The predicted octanol–water partition coefficient (Wildman–Crippen LogP) is 2.46. The fraction of sp³-hybridized carbons (Fsp3) is 0.533. The zero-order valence-electron chi connectivity index (χ0n) is 11.7. The molecule has 0 aromatic heterocycles. The molecular formula is C15H22O4. The SMILES string of the molecule is CCCOCCOCCc1ccc(C(=O)OC)cc1. The molecule has 0 amide bonds. The molecule has 4 heteroatoms. The minimum absolute atomic E-state index is 0.309. The van der Waals surface area contributed by atoms with Gasteiger partial charge in [0.05, 0.1) is 32.5 Å². The zero-order chi connectivity index (χ0) is 13.9. The Morgan fingerprint density at radius 3 is 2.21 bits per heavy atom. The second kappa shape index (κ2) is 9.53. The molecule has 1 aromatic rings. The van der Waals surface area contributed by atoms with Gasteiger partial charge in [-0.2, -0.15) is 0 Å². The largest absolute Gasteiger partial charge is 0.465 e. The summed E-state index contributed by atoms with van der Waals surface area (Å²) in [6, 6.07) is 7.38. The maximum Gasteiger partial charge on any atom is 0.337 e. The fourth-order valence-electron chi connectivity index (χ4n) is 1.58. The Balaban J connectivity index is 2.18. The van der Waals surface area contributed by atoms with Crippen molar-refractivity contribution in [2.45, 2.75) is 19.8 Å². The Kier molecular flexibility index (Phi) is 7.86. The maximum absolute atomic E-state index is 11.2. The van der Waals surface area contributed by atoms with Crippen molar-refractivity contribution in [2.75, 3.05) is 33.5 Å². The second-order valence-electron chi connectivity index (χ2n) is 4.16. The highest BCUT2D eigenvalue weighted by molar-refractivity contribution is 5.89. The summed E-state index contributed by atoms with van der Waals surface area (Å²) < 4.78 is 15.4. The van der Waals surface area contributed by atoms with E-state index in [0.717, 1.165) is 25.0 Å². The lowest BCUT2D eigenvalue weighted by Crippen LogP contribution is -2.07. The van der Waals surface area contributed by atoms with Gasteiger partial charge in [-0.15, -0.1) is 0 Å². The van der Waals surface area contributed by atoms with E-state index in [0.29, 0.717) is 25.4 Å². The first-order valence-corrected chi connectivity index (χ1v) is 6.60. The molecule has 1 rings (SSSR count). The van der Waals surface area contributed by atoms with Crippen molar-refractivity contribution in [3.05, 3.63) is 35.4 Å². The molecule has 0 saturated carbocycles. The van der Waals surface area contributed by atoms with Crippen molar-refractivity contribution in [1.29, 1.82) is 0 Å². The van der Waals surface area contributed by atoms with Gasteiger partial charge in [-0.25, -0.2) is 4.79 Å². The van der Waals surface area contributed by atoms with Crippen LogP contribution in [0, 0.1) is 0 Å². The first kappa shape index (κ1) is 15.7. The fourth-order valence-corrected chi connectivity index (χ4v) is 1.58. The molecule has 0 aliphatic heterocycles. The first-order valence-electron chi connectivity index (χ1n) is 6.60. The van der Waals surface area contributed by atoms with E-state index in [1.807, 2.05) is 12.1 Å². The molecule has 1 aromatic carbocycles.